The molecule has 0 spiro atoms. The van der Waals surface area contributed by atoms with Gasteiger partial charge in [-0.25, -0.2) is 9.78 Å². The van der Waals surface area contributed by atoms with Crippen molar-refractivity contribution in [3.8, 4) is 11.5 Å². The topological polar surface area (TPSA) is 46.2 Å². The van der Waals surface area contributed by atoms with Crippen LogP contribution in [0.3, 0.4) is 0 Å². The third-order valence-electron chi connectivity index (χ3n) is 2.81. The lowest BCUT2D eigenvalue weighted by Crippen LogP contribution is -1.98. The minimum absolute atomic E-state index is 0.360. The van der Waals surface area contributed by atoms with E-state index < -0.39 is 0 Å². The number of rotatable bonds is 8. The summed E-state index contributed by atoms with van der Waals surface area (Å²) in [6.07, 6.45) is 0. The number of hydrogen-bond donors (Lipinski definition) is 0. The fourth-order valence-corrected chi connectivity index (χ4v) is 1.66. The largest absolute Gasteiger partial charge is 0.497 e. The standard InChI is InChI=1S/C16H18O5/c1-17-15-7-3-14(4-8-15)12-20-21-16-9-5-13(6-10-16)11-19-18-2/h3-10H,11-12H2,1-2H3. The Morgan fingerprint density at radius 2 is 1.19 bits per heavy atom. The summed E-state index contributed by atoms with van der Waals surface area (Å²) < 4.78 is 5.09. The van der Waals surface area contributed by atoms with Gasteiger partial charge in [-0.2, -0.15) is 4.89 Å². The van der Waals surface area contributed by atoms with E-state index in [-0.39, 0.29) is 0 Å². The van der Waals surface area contributed by atoms with E-state index in [2.05, 4.69) is 4.89 Å². The van der Waals surface area contributed by atoms with Gasteiger partial charge < -0.3 is 9.62 Å². The molecule has 0 aliphatic heterocycles. The maximum absolute atomic E-state index is 5.22. The molecule has 0 heterocycles. The molecule has 5 heteroatoms. The zero-order valence-electron chi connectivity index (χ0n) is 12.1. The van der Waals surface area contributed by atoms with E-state index in [1.807, 2.05) is 48.5 Å². The van der Waals surface area contributed by atoms with Gasteiger partial charge in [0.1, 0.15) is 19.0 Å². The van der Waals surface area contributed by atoms with Crippen molar-refractivity contribution < 1.29 is 24.3 Å². The molecule has 5 nitrogen and oxygen atoms in total. The van der Waals surface area contributed by atoms with Crippen LogP contribution in [0.5, 0.6) is 11.5 Å². The lowest BCUT2D eigenvalue weighted by Gasteiger charge is -2.07. The molecule has 0 amide bonds. The highest BCUT2D eigenvalue weighted by Gasteiger charge is 1.99. The van der Waals surface area contributed by atoms with Crippen LogP contribution in [0, 0.1) is 0 Å². The predicted molar refractivity (Wildman–Crippen MR) is 76.7 cm³/mol. The van der Waals surface area contributed by atoms with Crippen molar-refractivity contribution in [2.45, 2.75) is 13.2 Å². The van der Waals surface area contributed by atoms with E-state index in [0.29, 0.717) is 19.0 Å². The molecule has 21 heavy (non-hydrogen) atoms. The Balaban J connectivity index is 1.77. The summed E-state index contributed by atoms with van der Waals surface area (Å²) in [5.74, 6) is 1.44. The van der Waals surface area contributed by atoms with Gasteiger partial charge in [-0.3, -0.25) is 0 Å². The normalized spacial score (nSPS) is 10.4. The Bertz CT molecular complexity index is 521. The van der Waals surface area contributed by atoms with E-state index in [4.69, 9.17) is 19.4 Å². The first-order chi connectivity index (χ1) is 10.3. The minimum atomic E-state index is 0.360. The van der Waals surface area contributed by atoms with Crippen LogP contribution in [-0.4, -0.2) is 14.2 Å². The van der Waals surface area contributed by atoms with Crippen molar-refractivity contribution in [1.82, 2.24) is 0 Å². The fraction of sp³-hybridized carbons (Fsp3) is 0.250. The fourth-order valence-electron chi connectivity index (χ4n) is 1.66. The highest BCUT2D eigenvalue weighted by atomic mass is 17.2. The van der Waals surface area contributed by atoms with E-state index in [1.165, 1.54) is 7.11 Å². The second-order valence-electron chi connectivity index (χ2n) is 4.27. The molecule has 0 saturated heterocycles. The first-order valence-corrected chi connectivity index (χ1v) is 6.49. The van der Waals surface area contributed by atoms with Gasteiger partial charge in [-0.1, -0.05) is 24.3 Å². The molecule has 0 bridgehead atoms. The van der Waals surface area contributed by atoms with Gasteiger partial charge >= 0.3 is 0 Å². The van der Waals surface area contributed by atoms with Crippen molar-refractivity contribution >= 4 is 0 Å². The average Bonchev–Trinajstić information content (AvgIpc) is 2.55. The quantitative estimate of drug-likeness (QED) is 0.551. The van der Waals surface area contributed by atoms with Crippen LogP contribution in [0.4, 0.5) is 0 Å². The molecular formula is C16H18O5. The third-order valence-corrected chi connectivity index (χ3v) is 2.81. The van der Waals surface area contributed by atoms with Crippen molar-refractivity contribution in [1.29, 1.82) is 0 Å². The summed E-state index contributed by atoms with van der Waals surface area (Å²) in [6, 6.07) is 15.0. The molecule has 0 saturated carbocycles. The van der Waals surface area contributed by atoms with Gasteiger partial charge in [0.15, 0.2) is 5.75 Å². The summed E-state index contributed by atoms with van der Waals surface area (Å²) in [4.78, 5) is 19.8. The number of methoxy groups -OCH3 is 1. The molecule has 0 atom stereocenters. The highest BCUT2D eigenvalue weighted by molar-refractivity contribution is 5.27. The lowest BCUT2D eigenvalue weighted by atomic mass is 10.2. The Labute approximate surface area is 123 Å². The molecule has 0 N–H and O–H groups in total. The average molecular weight is 290 g/mol. The van der Waals surface area contributed by atoms with Gasteiger partial charge in [0.2, 0.25) is 0 Å². The van der Waals surface area contributed by atoms with E-state index in [1.54, 1.807) is 7.11 Å². The second-order valence-corrected chi connectivity index (χ2v) is 4.27. The van der Waals surface area contributed by atoms with Crippen LogP contribution >= 0.6 is 0 Å². The monoisotopic (exact) mass is 290 g/mol. The maximum Gasteiger partial charge on any atom is 0.165 e. The van der Waals surface area contributed by atoms with Crippen LogP contribution in [-0.2, 0) is 27.9 Å². The van der Waals surface area contributed by atoms with Crippen molar-refractivity contribution in [3.63, 3.8) is 0 Å². The Morgan fingerprint density at radius 3 is 1.71 bits per heavy atom. The number of ether oxygens (including phenoxy) is 1. The minimum Gasteiger partial charge on any atom is -0.497 e. The first-order valence-electron chi connectivity index (χ1n) is 6.49. The molecule has 112 valence electrons. The third kappa shape index (κ3) is 5.07. The Kier molecular flexibility index (Phi) is 6.02. The molecule has 0 aliphatic rings. The molecule has 0 unspecified atom stereocenters. The van der Waals surface area contributed by atoms with Crippen molar-refractivity contribution in [2.75, 3.05) is 14.2 Å². The summed E-state index contributed by atoms with van der Waals surface area (Å²) in [7, 11) is 3.11. The summed E-state index contributed by atoms with van der Waals surface area (Å²) in [6.45, 7) is 0.752. The Morgan fingerprint density at radius 1 is 0.667 bits per heavy atom. The second kappa shape index (κ2) is 8.26. The molecule has 2 rings (SSSR count). The number of hydrogen-bond acceptors (Lipinski definition) is 5. The van der Waals surface area contributed by atoms with E-state index in [9.17, 15) is 0 Å². The van der Waals surface area contributed by atoms with Gasteiger partial charge in [0, 0.05) is 0 Å². The van der Waals surface area contributed by atoms with E-state index >= 15 is 0 Å². The first kappa shape index (κ1) is 15.3. The van der Waals surface area contributed by atoms with Crippen LogP contribution < -0.4 is 9.62 Å². The summed E-state index contributed by atoms with van der Waals surface area (Å²) in [5, 5.41) is 0. The van der Waals surface area contributed by atoms with Crippen molar-refractivity contribution in [2.24, 2.45) is 0 Å². The molecule has 0 aromatic heterocycles. The zero-order valence-corrected chi connectivity index (χ0v) is 12.1. The molecule has 0 radical (unpaired) electrons. The van der Waals surface area contributed by atoms with Crippen LogP contribution in [0.15, 0.2) is 48.5 Å². The Hall–Kier alpha value is -2.08. The van der Waals surface area contributed by atoms with Crippen LogP contribution in [0.2, 0.25) is 0 Å². The summed E-state index contributed by atoms with van der Waals surface area (Å²) >= 11 is 0. The van der Waals surface area contributed by atoms with Crippen LogP contribution in [0.1, 0.15) is 11.1 Å². The molecule has 0 fully saturated rings. The molecule has 2 aromatic carbocycles. The maximum atomic E-state index is 5.22. The lowest BCUT2D eigenvalue weighted by molar-refractivity contribution is -0.282. The predicted octanol–water partition coefficient (Wildman–Crippen LogP) is 3.28. The van der Waals surface area contributed by atoms with Gasteiger partial charge in [-0.05, 0) is 35.4 Å². The molecule has 0 aliphatic carbocycles. The highest BCUT2D eigenvalue weighted by Crippen LogP contribution is 2.15. The van der Waals surface area contributed by atoms with E-state index in [0.717, 1.165) is 16.9 Å². The zero-order chi connectivity index (χ0) is 14.9. The summed E-state index contributed by atoms with van der Waals surface area (Å²) in [5.41, 5.74) is 1.99. The van der Waals surface area contributed by atoms with Gasteiger partial charge in [0.25, 0.3) is 0 Å². The van der Waals surface area contributed by atoms with Gasteiger partial charge in [0.05, 0.1) is 14.2 Å². The SMILES string of the molecule is COOCc1ccc(OOCc2ccc(OC)cc2)cc1. The smallest absolute Gasteiger partial charge is 0.165 e. The van der Waals surface area contributed by atoms with Crippen LogP contribution in [0.25, 0.3) is 0 Å². The van der Waals surface area contributed by atoms with Crippen molar-refractivity contribution in [3.05, 3.63) is 59.7 Å². The molecular weight excluding hydrogens is 272 g/mol. The molecule has 2 aromatic rings. The van der Waals surface area contributed by atoms with Gasteiger partial charge in [-0.15, -0.1) is 0 Å². The number of benzene rings is 2.